The Morgan fingerprint density at radius 2 is 2.13 bits per heavy atom. The van der Waals surface area contributed by atoms with Gasteiger partial charge in [-0.25, -0.2) is 9.67 Å². The summed E-state index contributed by atoms with van der Waals surface area (Å²) in [4.78, 5) is 16.6. The van der Waals surface area contributed by atoms with Crippen molar-refractivity contribution >= 4 is 16.9 Å². The predicted molar refractivity (Wildman–Crippen MR) is 89.5 cm³/mol. The molecule has 2 aromatic heterocycles. The van der Waals surface area contributed by atoms with Gasteiger partial charge in [-0.15, -0.1) is 5.10 Å². The molecular formula is C16H25N5O2. The van der Waals surface area contributed by atoms with Crippen LogP contribution in [0.15, 0.2) is 0 Å². The van der Waals surface area contributed by atoms with Crippen LogP contribution in [0.1, 0.15) is 30.2 Å². The van der Waals surface area contributed by atoms with E-state index in [4.69, 9.17) is 10.5 Å². The molecule has 2 aromatic rings. The highest BCUT2D eigenvalue weighted by atomic mass is 16.5. The molecule has 0 saturated heterocycles. The Hall–Kier alpha value is -2.15. The van der Waals surface area contributed by atoms with Crippen molar-refractivity contribution in [3.8, 4) is 5.88 Å². The number of aromatic nitrogens is 3. The Labute approximate surface area is 136 Å². The van der Waals surface area contributed by atoms with Crippen molar-refractivity contribution in [2.24, 2.45) is 12.8 Å². The summed E-state index contributed by atoms with van der Waals surface area (Å²) in [5, 5.41) is 8.12. The number of nitrogens with two attached hydrogens (primary N) is 1. The molecule has 126 valence electrons. The van der Waals surface area contributed by atoms with Crippen LogP contribution in [0.2, 0.25) is 0 Å². The van der Waals surface area contributed by atoms with Crippen LogP contribution >= 0.6 is 0 Å². The molecule has 0 aliphatic rings. The number of fused-ring (bicyclic) bond motifs is 1. The van der Waals surface area contributed by atoms with E-state index in [1.807, 2.05) is 27.8 Å². The molecule has 0 spiro atoms. The molecule has 0 aliphatic heterocycles. The Bertz CT molecular complexity index is 723. The van der Waals surface area contributed by atoms with Gasteiger partial charge in [-0.2, -0.15) is 0 Å². The van der Waals surface area contributed by atoms with Crippen LogP contribution in [0, 0.1) is 13.8 Å². The standard InChI is InChI=1S/C16H25N5O2/c1-9(8-17)18-13(22)7-6-12-10(2)14-15(19-11(12)3)21(4)20-16(14)23-5/h9H,6-8,17H2,1-5H3,(H,18,22)/t9-/m0/s1. The number of amides is 1. The number of rotatable bonds is 6. The fourth-order valence-corrected chi connectivity index (χ4v) is 2.75. The Morgan fingerprint density at radius 1 is 1.43 bits per heavy atom. The zero-order valence-electron chi connectivity index (χ0n) is 14.4. The summed E-state index contributed by atoms with van der Waals surface area (Å²) >= 11 is 0. The van der Waals surface area contributed by atoms with Crippen LogP contribution < -0.4 is 15.8 Å². The lowest BCUT2D eigenvalue weighted by molar-refractivity contribution is -0.121. The molecule has 0 radical (unpaired) electrons. The Morgan fingerprint density at radius 3 is 2.74 bits per heavy atom. The van der Waals surface area contributed by atoms with Gasteiger partial charge < -0.3 is 15.8 Å². The predicted octanol–water partition coefficient (Wildman–Crippen LogP) is 0.990. The zero-order valence-corrected chi connectivity index (χ0v) is 14.4. The maximum atomic E-state index is 12.0. The minimum Gasteiger partial charge on any atom is -0.479 e. The summed E-state index contributed by atoms with van der Waals surface area (Å²) in [7, 11) is 3.44. The summed E-state index contributed by atoms with van der Waals surface area (Å²) in [5.41, 5.74) is 9.37. The van der Waals surface area contributed by atoms with E-state index in [-0.39, 0.29) is 11.9 Å². The van der Waals surface area contributed by atoms with Crippen molar-refractivity contribution in [2.75, 3.05) is 13.7 Å². The maximum Gasteiger partial charge on any atom is 0.242 e. The topological polar surface area (TPSA) is 95.1 Å². The van der Waals surface area contributed by atoms with Gasteiger partial charge in [0.15, 0.2) is 5.65 Å². The van der Waals surface area contributed by atoms with Crippen molar-refractivity contribution in [1.82, 2.24) is 20.1 Å². The first-order valence-electron chi connectivity index (χ1n) is 7.75. The fraction of sp³-hybridized carbons (Fsp3) is 0.562. The van der Waals surface area contributed by atoms with E-state index in [0.717, 1.165) is 27.9 Å². The number of pyridine rings is 1. The first kappa shape index (κ1) is 17.2. The zero-order chi connectivity index (χ0) is 17.1. The molecule has 0 aliphatic carbocycles. The van der Waals surface area contributed by atoms with Gasteiger partial charge in [-0.05, 0) is 38.3 Å². The highest BCUT2D eigenvalue weighted by Crippen LogP contribution is 2.30. The van der Waals surface area contributed by atoms with E-state index < -0.39 is 0 Å². The number of ether oxygens (including phenoxy) is 1. The molecule has 0 bridgehead atoms. The van der Waals surface area contributed by atoms with Crippen molar-refractivity contribution in [3.63, 3.8) is 0 Å². The molecule has 23 heavy (non-hydrogen) atoms. The fourth-order valence-electron chi connectivity index (χ4n) is 2.75. The lowest BCUT2D eigenvalue weighted by Crippen LogP contribution is -2.37. The van der Waals surface area contributed by atoms with Crippen LogP contribution in [0.4, 0.5) is 0 Å². The van der Waals surface area contributed by atoms with Gasteiger partial charge in [0, 0.05) is 31.7 Å². The molecule has 2 heterocycles. The van der Waals surface area contributed by atoms with Gasteiger partial charge in [-0.3, -0.25) is 4.79 Å². The van der Waals surface area contributed by atoms with E-state index >= 15 is 0 Å². The molecule has 0 saturated carbocycles. The average molecular weight is 319 g/mol. The summed E-state index contributed by atoms with van der Waals surface area (Å²) in [6.07, 6.45) is 1.03. The number of carbonyl (C=O) groups excluding carboxylic acids is 1. The summed E-state index contributed by atoms with van der Waals surface area (Å²) in [5.74, 6) is 0.565. The van der Waals surface area contributed by atoms with Crippen LogP contribution in [0.5, 0.6) is 5.88 Å². The summed E-state index contributed by atoms with van der Waals surface area (Å²) in [6, 6.07) is -0.0104. The van der Waals surface area contributed by atoms with Crippen molar-refractivity contribution < 1.29 is 9.53 Å². The summed E-state index contributed by atoms with van der Waals surface area (Å²) < 4.78 is 7.07. The smallest absolute Gasteiger partial charge is 0.242 e. The first-order valence-corrected chi connectivity index (χ1v) is 7.75. The molecule has 0 unspecified atom stereocenters. The highest BCUT2D eigenvalue weighted by Gasteiger charge is 2.18. The second kappa shape index (κ2) is 6.95. The van der Waals surface area contributed by atoms with E-state index in [0.29, 0.717) is 25.3 Å². The number of nitrogens with zero attached hydrogens (tertiary/aromatic N) is 3. The minimum atomic E-state index is -0.0104. The van der Waals surface area contributed by atoms with E-state index in [9.17, 15) is 4.79 Å². The monoisotopic (exact) mass is 319 g/mol. The van der Waals surface area contributed by atoms with Crippen molar-refractivity contribution in [3.05, 3.63) is 16.8 Å². The van der Waals surface area contributed by atoms with Crippen molar-refractivity contribution in [1.29, 1.82) is 0 Å². The molecule has 0 aromatic carbocycles. The number of carbonyl (C=O) groups is 1. The molecule has 7 heteroatoms. The number of nitrogens with one attached hydrogen (secondary N) is 1. The third-order valence-electron chi connectivity index (χ3n) is 4.08. The van der Waals surface area contributed by atoms with Gasteiger partial charge in [-0.1, -0.05) is 0 Å². The quantitative estimate of drug-likeness (QED) is 0.828. The van der Waals surface area contributed by atoms with Crippen LogP contribution in [0.25, 0.3) is 11.0 Å². The highest BCUT2D eigenvalue weighted by molar-refractivity contribution is 5.86. The SMILES string of the molecule is COc1nn(C)c2nc(C)c(CCC(=O)N[C@@H](C)CN)c(C)c12. The number of aryl methyl sites for hydroxylation is 3. The van der Waals surface area contributed by atoms with Gasteiger partial charge in [0.25, 0.3) is 0 Å². The molecular weight excluding hydrogens is 294 g/mol. The Balaban J connectivity index is 2.29. The first-order chi connectivity index (χ1) is 10.9. The summed E-state index contributed by atoms with van der Waals surface area (Å²) in [6.45, 7) is 6.31. The molecule has 7 nitrogen and oxygen atoms in total. The van der Waals surface area contributed by atoms with Crippen LogP contribution in [-0.2, 0) is 18.3 Å². The molecule has 3 N–H and O–H groups in total. The lowest BCUT2D eigenvalue weighted by Gasteiger charge is -2.13. The average Bonchev–Trinajstić information content (AvgIpc) is 2.83. The Kier molecular flexibility index (Phi) is 5.20. The number of hydrogen-bond donors (Lipinski definition) is 2. The van der Waals surface area contributed by atoms with Gasteiger partial charge in [0.05, 0.1) is 12.5 Å². The van der Waals surface area contributed by atoms with E-state index in [1.165, 1.54) is 0 Å². The van der Waals surface area contributed by atoms with Crippen LogP contribution in [0.3, 0.4) is 0 Å². The maximum absolute atomic E-state index is 12.0. The molecule has 0 fully saturated rings. The molecule has 1 amide bonds. The number of methoxy groups -OCH3 is 1. The lowest BCUT2D eigenvalue weighted by atomic mass is 10.00. The minimum absolute atomic E-state index is 0.00000129. The second-order valence-electron chi connectivity index (χ2n) is 5.84. The third kappa shape index (κ3) is 3.44. The van der Waals surface area contributed by atoms with Gasteiger partial charge in [0.1, 0.15) is 0 Å². The normalized spacial score (nSPS) is 12.4. The van der Waals surface area contributed by atoms with E-state index in [1.54, 1.807) is 11.8 Å². The van der Waals surface area contributed by atoms with Gasteiger partial charge >= 0.3 is 0 Å². The molecule has 1 atom stereocenters. The van der Waals surface area contributed by atoms with Crippen molar-refractivity contribution in [2.45, 2.75) is 39.7 Å². The van der Waals surface area contributed by atoms with Gasteiger partial charge in [0.2, 0.25) is 11.8 Å². The number of hydrogen-bond acceptors (Lipinski definition) is 5. The van der Waals surface area contributed by atoms with E-state index in [2.05, 4.69) is 15.4 Å². The molecule has 2 rings (SSSR count). The third-order valence-corrected chi connectivity index (χ3v) is 4.08. The largest absolute Gasteiger partial charge is 0.479 e. The van der Waals surface area contributed by atoms with Crippen LogP contribution in [-0.4, -0.2) is 40.4 Å². The second-order valence-corrected chi connectivity index (χ2v) is 5.84.